The average Bonchev–Trinajstić information content (AvgIpc) is 2.01. The molecule has 0 heterocycles. The maximum Gasteiger partial charge on any atom is 0.173 e. The molecular weight excluding hydrogens is 228 g/mol. The van der Waals surface area contributed by atoms with Crippen LogP contribution in [0.4, 0.5) is 14.5 Å². The van der Waals surface area contributed by atoms with Gasteiger partial charge >= 0.3 is 0 Å². The second-order valence-corrected chi connectivity index (χ2v) is 3.20. The lowest BCUT2D eigenvalue weighted by Gasteiger charge is -2.06. The lowest BCUT2D eigenvalue weighted by atomic mass is 10.1. The van der Waals surface area contributed by atoms with Crippen LogP contribution in [-0.2, 0) is 6.42 Å². The van der Waals surface area contributed by atoms with Crippen molar-refractivity contribution in [2.24, 2.45) is 0 Å². The van der Waals surface area contributed by atoms with Crippen molar-refractivity contribution in [3.05, 3.63) is 27.7 Å². The van der Waals surface area contributed by atoms with Gasteiger partial charge in [0.05, 0.1) is 4.47 Å². The third-order valence-electron chi connectivity index (χ3n) is 1.65. The van der Waals surface area contributed by atoms with E-state index >= 15 is 0 Å². The van der Waals surface area contributed by atoms with Gasteiger partial charge in [0.2, 0.25) is 0 Å². The zero-order valence-electron chi connectivity index (χ0n) is 6.50. The number of nitrogen functional groups attached to an aromatic ring is 1. The smallest absolute Gasteiger partial charge is 0.173 e. The fourth-order valence-electron chi connectivity index (χ4n) is 1.01. The monoisotopic (exact) mass is 235 g/mol. The minimum Gasteiger partial charge on any atom is -0.398 e. The van der Waals surface area contributed by atoms with Gasteiger partial charge in [0.1, 0.15) is 0 Å². The van der Waals surface area contributed by atoms with Gasteiger partial charge < -0.3 is 5.73 Å². The Morgan fingerprint density at radius 2 is 2.08 bits per heavy atom. The zero-order valence-corrected chi connectivity index (χ0v) is 8.08. The number of nitrogens with two attached hydrogens (primary N) is 1. The van der Waals surface area contributed by atoms with Crippen LogP contribution in [0, 0.1) is 11.6 Å². The molecule has 0 saturated carbocycles. The molecule has 0 spiro atoms. The molecule has 4 heteroatoms. The van der Waals surface area contributed by atoms with Gasteiger partial charge in [-0.3, -0.25) is 0 Å². The predicted octanol–water partition coefficient (Wildman–Crippen LogP) is 2.87. The average molecular weight is 236 g/mol. The topological polar surface area (TPSA) is 26.0 Å². The molecule has 0 radical (unpaired) electrons. The quantitative estimate of drug-likeness (QED) is 0.588. The summed E-state index contributed by atoms with van der Waals surface area (Å²) in [5.41, 5.74) is 6.35. The van der Waals surface area contributed by atoms with Crippen LogP contribution in [0.1, 0.15) is 12.5 Å². The van der Waals surface area contributed by atoms with Gasteiger partial charge in [-0.05, 0) is 27.9 Å². The lowest BCUT2D eigenvalue weighted by Crippen LogP contribution is -1.99. The second kappa shape index (κ2) is 3.39. The molecule has 1 nitrogen and oxygen atoms in total. The van der Waals surface area contributed by atoms with Crippen LogP contribution in [0.15, 0.2) is 10.5 Å². The molecular formula is C8H8BrF2N. The van der Waals surface area contributed by atoms with E-state index in [2.05, 4.69) is 15.9 Å². The Morgan fingerprint density at radius 3 is 2.58 bits per heavy atom. The van der Waals surface area contributed by atoms with Gasteiger partial charge in [0, 0.05) is 11.8 Å². The van der Waals surface area contributed by atoms with Crippen LogP contribution in [0.25, 0.3) is 0 Å². The molecule has 0 atom stereocenters. The predicted molar refractivity (Wildman–Crippen MR) is 47.8 cm³/mol. The van der Waals surface area contributed by atoms with E-state index in [9.17, 15) is 8.78 Å². The van der Waals surface area contributed by atoms with Crippen LogP contribution in [0.2, 0.25) is 0 Å². The highest BCUT2D eigenvalue weighted by Gasteiger charge is 2.13. The Morgan fingerprint density at radius 1 is 1.50 bits per heavy atom. The lowest BCUT2D eigenvalue weighted by molar-refractivity contribution is 0.503. The zero-order chi connectivity index (χ0) is 9.30. The molecule has 0 amide bonds. The molecule has 0 fully saturated rings. The molecule has 12 heavy (non-hydrogen) atoms. The Balaban J connectivity index is 3.40. The van der Waals surface area contributed by atoms with Crippen molar-refractivity contribution in [1.29, 1.82) is 0 Å². The van der Waals surface area contributed by atoms with Crippen LogP contribution in [-0.4, -0.2) is 0 Å². The minimum absolute atomic E-state index is 0.127. The Labute approximate surface area is 77.7 Å². The van der Waals surface area contributed by atoms with Gasteiger partial charge in [-0.15, -0.1) is 0 Å². The van der Waals surface area contributed by atoms with E-state index in [0.29, 0.717) is 12.0 Å². The SMILES string of the molecule is CCc1c(N)cc(F)c(F)c1Br. The van der Waals surface area contributed by atoms with E-state index in [0.717, 1.165) is 6.07 Å². The summed E-state index contributed by atoms with van der Waals surface area (Å²) in [5.74, 6) is -1.79. The van der Waals surface area contributed by atoms with Gasteiger partial charge in [0.15, 0.2) is 11.6 Å². The van der Waals surface area contributed by atoms with Crippen LogP contribution < -0.4 is 5.73 Å². The van der Waals surface area contributed by atoms with E-state index in [1.165, 1.54) is 0 Å². The molecule has 1 aromatic rings. The Kier molecular flexibility index (Phi) is 2.67. The molecule has 0 aliphatic carbocycles. The molecule has 0 aliphatic rings. The van der Waals surface area contributed by atoms with E-state index < -0.39 is 11.6 Å². The highest BCUT2D eigenvalue weighted by Crippen LogP contribution is 2.28. The highest BCUT2D eigenvalue weighted by molar-refractivity contribution is 9.10. The van der Waals surface area contributed by atoms with E-state index in [1.54, 1.807) is 0 Å². The third kappa shape index (κ3) is 1.43. The van der Waals surface area contributed by atoms with Crippen molar-refractivity contribution in [3.63, 3.8) is 0 Å². The largest absolute Gasteiger partial charge is 0.398 e. The fraction of sp³-hybridized carbons (Fsp3) is 0.250. The summed E-state index contributed by atoms with van der Waals surface area (Å²) in [5, 5.41) is 0. The van der Waals surface area contributed by atoms with E-state index in [-0.39, 0.29) is 10.2 Å². The molecule has 0 unspecified atom stereocenters. The first-order chi connectivity index (χ1) is 5.57. The van der Waals surface area contributed by atoms with Gasteiger partial charge in [-0.25, -0.2) is 8.78 Å². The molecule has 0 saturated heterocycles. The summed E-state index contributed by atoms with van der Waals surface area (Å²) >= 11 is 2.95. The summed E-state index contributed by atoms with van der Waals surface area (Å²) in [7, 11) is 0. The van der Waals surface area contributed by atoms with Crippen molar-refractivity contribution < 1.29 is 8.78 Å². The standard InChI is InChI=1S/C8H8BrF2N/c1-2-4-6(12)3-5(10)8(11)7(4)9/h3H,2,12H2,1H3. The molecule has 66 valence electrons. The summed E-state index contributed by atoms with van der Waals surface area (Å²) in [4.78, 5) is 0. The molecule has 0 aromatic heterocycles. The van der Waals surface area contributed by atoms with Gasteiger partial charge in [0.25, 0.3) is 0 Å². The Hall–Kier alpha value is -0.640. The summed E-state index contributed by atoms with van der Waals surface area (Å²) < 4.78 is 25.7. The molecule has 1 rings (SSSR count). The van der Waals surface area contributed by atoms with Crippen LogP contribution in [0.3, 0.4) is 0 Å². The summed E-state index contributed by atoms with van der Waals surface area (Å²) in [6.45, 7) is 1.83. The number of benzene rings is 1. The van der Waals surface area contributed by atoms with Crippen molar-refractivity contribution >= 4 is 21.6 Å². The number of rotatable bonds is 1. The van der Waals surface area contributed by atoms with Crippen LogP contribution >= 0.6 is 15.9 Å². The minimum atomic E-state index is -0.920. The molecule has 0 bridgehead atoms. The Bertz CT molecular complexity index is 312. The number of hydrogen-bond acceptors (Lipinski definition) is 1. The number of hydrogen-bond donors (Lipinski definition) is 1. The molecule has 2 N–H and O–H groups in total. The first-order valence-corrected chi connectivity index (χ1v) is 4.29. The number of halogens is 3. The van der Waals surface area contributed by atoms with Crippen molar-refractivity contribution in [2.45, 2.75) is 13.3 Å². The van der Waals surface area contributed by atoms with E-state index in [1.807, 2.05) is 6.92 Å². The van der Waals surface area contributed by atoms with Crippen molar-refractivity contribution in [1.82, 2.24) is 0 Å². The third-order valence-corrected chi connectivity index (χ3v) is 2.48. The van der Waals surface area contributed by atoms with E-state index in [4.69, 9.17) is 5.73 Å². The van der Waals surface area contributed by atoms with Crippen LogP contribution in [0.5, 0.6) is 0 Å². The van der Waals surface area contributed by atoms with Crippen molar-refractivity contribution in [3.8, 4) is 0 Å². The fourth-order valence-corrected chi connectivity index (χ4v) is 1.71. The summed E-state index contributed by atoms with van der Waals surface area (Å²) in [6.07, 6.45) is 0.573. The highest BCUT2D eigenvalue weighted by atomic mass is 79.9. The first-order valence-electron chi connectivity index (χ1n) is 3.49. The molecule has 1 aromatic carbocycles. The second-order valence-electron chi connectivity index (χ2n) is 2.41. The normalized spacial score (nSPS) is 10.3. The van der Waals surface area contributed by atoms with Gasteiger partial charge in [-0.1, -0.05) is 6.92 Å². The maximum atomic E-state index is 12.9. The van der Waals surface area contributed by atoms with Crippen molar-refractivity contribution in [2.75, 3.05) is 5.73 Å². The maximum absolute atomic E-state index is 12.9. The first kappa shape index (κ1) is 9.45. The summed E-state index contributed by atoms with van der Waals surface area (Å²) in [6, 6.07) is 0.999. The number of anilines is 1. The molecule has 0 aliphatic heterocycles. The van der Waals surface area contributed by atoms with Gasteiger partial charge in [-0.2, -0.15) is 0 Å².